The minimum atomic E-state index is -0.730. The molecule has 2 N–H and O–H groups in total. The Hall–Kier alpha value is -2.30. The summed E-state index contributed by atoms with van der Waals surface area (Å²) in [5.74, 6) is -0.0544. The third-order valence-electron chi connectivity index (χ3n) is 5.54. The minimum absolute atomic E-state index is 0.00126. The van der Waals surface area contributed by atoms with E-state index in [0.717, 1.165) is 28.3 Å². The van der Waals surface area contributed by atoms with Gasteiger partial charge in [-0.2, -0.15) is 0 Å². The summed E-state index contributed by atoms with van der Waals surface area (Å²) in [5, 5.41) is 7.37. The van der Waals surface area contributed by atoms with E-state index in [2.05, 4.69) is 10.6 Å². The summed E-state index contributed by atoms with van der Waals surface area (Å²) in [7, 11) is 0. The smallest absolute Gasteiger partial charge is 0.237 e. The van der Waals surface area contributed by atoms with Gasteiger partial charge in [0.15, 0.2) is 0 Å². The van der Waals surface area contributed by atoms with Crippen LogP contribution in [0.4, 0.5) is 5.69 Å². The number of fused-ring (bicyclic) bond motifs is 2. The topological polar surface area (TPSA) is 58.2 Å². The van der Waals surface area contributed by atoms with E-state index in [0.29, 0.717) is 17.9 Å². The van der Waals surface area contributed by atoms with Gasteiger partial charge in [-0.3, -0.25) is 9.59 Å². The highest BCUT2D eigenvalue weighted by molar-refractivity contribution is 6.31. The highest BCUT2D eigenvalue weighted by atomic mass is 35.5. The van der Waals surface area contributed by atoms with Gasteiger partial charge in [0.25, 0.3) is 0 Å². The fraction of sp³-hybridized carbons (Fsp3) is 0.304. The Morgan fingerprint density at radius 2 is 1.86 bits per heavy atom. The molecular formula is C23H24Cl2N2O2. The van der Waals surface area contributed by atoms with Gasteiger partial charge < -0.3 is 10.6 Å². The monoisotopic (exact) mass is 430 g/mol. The first kappa shape index (κ1) is 21.4. The molecule has 2 aromatic rings. The summed E-state index contributed by atoms with van der Waals surface area (Å²) in [6, 6.07) is 14.6. The van der Waals surface area contributed by atoms with Crippen molar-refractivity contribution < 1.29 is 9.59 Å². The van der Waals surface area contributed by atoms with E-state index in [1.165, 1.54) is 0 Å². The van der Waals surface area contributed by atoms with Crippen LogP contribution in [0.2, 0.25) is 10.0 Å². The number of halogens is 2. The number of allylic oxidation sites excluding steroid dienone is 1. The molecule has 0 unspecified atom stereocenters. The number of anilines is 1. The van der Waals surface area contributed by atoms with Crippen molar-refractivity contribution in [3.63, 3.8) is 0 Å². The van der Waals surface area contributed by atoms with Crippen molar-refractivity contribution >= 4 is 40.7 Å². The fourth-order valence-corrected chi connectivity index (χ4v) is 4.43. The van der Waals surface area contributed by atoms with Gasteiger partial charge in [0.05, 0.1) is 6.04 Å². The van der Waals surface area contributed by atoms with E-state index in [-0.39, 0.29) is 17.9 Å². The van der Waals surface area contributed by atoms with E-state index in [1.54, 1.807) is 12.1 Å². The molecule has 2 amide bonds. The molecule has 2 aliphatic rings. The van der Waals surface area contributed by atoms with Crippen LogP contribution in [0, 0.1) is 0 Å². The lowest BCUT2D eigenvalue weighted by molar-refractivity contribution is -0.129. The van der Waals surface area contributed by atoms with E-state index >= 15 is 0 Å². The first-order valence-corrected chi connectivity index (χ1v) is 10.4. The molecular weight excluding hydrogens is 407 g/mol. The summed E-state index contributed by atoms with van der Waals surface area (Å²) in [6.07, 6.45) is 3.66. The minimum Gasteiger partial charge on any atom is -0.348 e. The lowest BCUT2D eigenvalue weighted by Gasteiger charge is -2.41. The Bertz CT molecular complexity index is 943. The predicted octanol–water partition coefficient (Wildman–Crippen LogP) is 5.50. The molecule has 1 fully saturated rings. The molecule has 2 aromatic carbocycles. The maximum absolute atomic E-state index is 12.8. The van der Waals surface area contributed by atoms with Gasteiger partial charge in [0.2, 0.25) is 11.8 Å². The van der Waals surface area contributed by atoms with Crippen LogP contribution in [0.25, 0.3) is 0 Å². The van der Waals surface area contributed by atoms with Crippen molar-refractivity contribution in [2.75, 3.05) is 5.32 Å². The number of carbonyl (C=O) groups is 2. The van der Waals surface area contributed by atoms with Gasteiger partial charge >= 0.3 is 0 Å². The molecule has 0 aliphatic carbocycles. The van der Waals surface area contributed by atoms with Crippen molar-refractivity contribution in [3.8, 4) is 0 Å². The highest BCUT2D eigenvalue weighted by Gasteiger charge is 2.55. The van der Waals surface area contributed by atoms with E-state index in [1.807, 2.05) is 56.3 Å². The average molecular weight is 431 g/mol. The first-order valence-electron chi connectivity index (χ1n) is 9.68. The average Bonchev–Trinajstić information content (AvgIpc) is 2.97. The van der Waals surface area contributed by atoms with Crippen LogP contribution in [-0.2, 0) is 15.0 Å². The molecule has 1 spiro atoms. The van der Waals surface area contributed by atoms with E-state index in [4.69, 9.17) is 23.2 Å². The maximum atomic E-state index is 12.8. The Kier molecular flexibility index (Phi) is 6.66. The van der Waals surface area contributed by atoms with Gasteiger partial charge in [-0.15, -0.1) is 0 Å². The molecule has 1 saturated heterocycles. The summed E-state index contributed by atoms with van der Waals surface area (Å²) in [4.78, 5) is 24.8. The lowest BCUT2D eigenvalue weighted by atomic mass is 9.67. The summed E-state index contributed by atoms with van der Waals surface area (Å²) in [5.41, 5.74) is 2.03. The molecule has 152 valence electrons. The Morgan fingerprint density at radius 1 is 1.14 bits per heavy atom. The molecule has 0 bridgehead atoms. The molecule has 6 heteroatoms. The molecule has 0 radical (unpaired) electrons. The second-order valence-corrected chi connectivity index (χ2v) is 8.00. The quantitative estimate of drug-likeness (QED) is 0.617. The third-order valence-corrected chi connectivity index (χ3v) is 6.03. The molecule has 4 nitrogen and oxygen atoms in total. The zero-order valence-electron chi connectivity index (χ0n) is 16.5. The molecule has 2 aliphatic heterocycles. The zero-order valence-corrected chi connectivity index (χ0v) is 18.0. The molecule has 0 aromatic heterocycles. The number of hydrogen-bond donors (Lipinski definition) is 2. The predicted molar refractivity (Wildman–Crippen MR) is 118 cm³/mol. The van der Waals surface area contributed by atoms with Crippen LogP contribution in [0.1, 0.15) is 38.7 Å². The van der Waals surface area contributed by atoms with Crippen LogP contribution in [-0.4, -0.2) is 17.9 Å². The summed E-state index contributed by atoms with van der Waals surface area (Å²) in [6.45, 7) is 3.99. The third kappa shape index (κ3) is 4.19. The van der Waals surface area contributed by atoms with E-state index < -0.39 is 5.41 Å². The second kappa shape index (κ2) is 9.02. The number of carbonyl (C=O) groups excluding carboxylic acids is 2. The molecule has 29 heavy (non-hydrogen) atoms. The van der Waals surface area contributed by atoms with Crippen LogP contribution in [0.15, 0.2) is 60.2 Å². The Labute approximate surface area is 181 Å². The van der Waals surface area contributed by atoms with Crippen molar-refractivity contribution in [1.29, 1.82) is 0 Å². The standard InChI is InChI=1S/C17H19ClN2O2.C6H5Cl/c1-3-10(4-2)15-17(8-7-14(21)20-15)12-6-5-11(18)9-13(12)19-16(17)22;7-6-4-2-1-3-5-6/h3,5-6,9,15H,4,7-8H2,1-2H3,(H,19,22)(H,20,21);1-5H/b10-3+;/t15-,17-;/m1./s1. The first-order chi connectivity index (χ1) is 13.9. The van der Waals surface area contributed by atoms with Gasteiger partial charge in [-0.1, -0.05) is 66.0 Å². The van der Waals surface area contributed by atoms with Gasteiger partial charge in [-0.05, 0) is 49.6 Å². The molecule has 2 heterocycles. The van der Waals surface area contributed by atoms with Gasteiger partial charge in [0, 0.05) is 22.2 Å². The number of amides is 2. The van der Waals surface area contributed by atoms with Gasteiger partial charge in [0.1, 0.15) is 5.41 Å². The zero-order chi connectivity index (χ0) is 21.0. The highest BCUT2D eigenvalue weighted by Crippen LogP contribution is 2.48. The summed E-state index contributed by atoms with van der Waals surface area (Å²) < 4.78 is 0. The van der Waals surface area contributed by atoms with Crippen LogP contribution in [0.3, 0.4) is 0 Å². The Balaban J connectivity index is 0.000000290. The normalized spacial score (nSPS) is 23.0. The van der Waals surface area contributed by atoms with E-state index in [9.17, 15) is 9.59 Å². The fourth-order valence-electron chi connectivity index (χ4n) is 4.11. The maximum Gasteiger partial charge on any atom is 0.237 e. The van der Waals surface area contributed by atoms with Crippen LogP contribution in [0.5, 0.6) is 0 Å². The Morgan fingerprint density at radius 3 is 2.45 bits per heavy atom. The second-order valence-electron chi connectivity index (χ2n) is 7.13. The van der Waals surface area contributed by atoms with Crippen molar-refractivity contribution in [3.05, 3.63) is 75.8 Å². The largest absolute Gasteiger partial charge is 0.348 e. The molecule has 4 rings (SSSR count). The SMILES string of the molecule is C/C=C(\CC)[C@H]1NC(=O)CC[C@]12C(=O)Nc1cc(Cl)ccc12.Clc1ccccc1. The molecule has 2 atom stereocenters. The van der Waals surface area contributed by atoms with Gasteiger partial charge in [-0.25, -0.2) is 0 Å². The van der Waals surface area contributed by atoms with Crippen molar-refractivity contribution in [1.82, 2.24) is 5.32 Å². The van der Waals surface area contributed by atoms with Crippen LogP contribution >= 0.6 is 23.2 Å². The van der Waals surface area contributed by atoms with Crippen molar-refractivity contribution in [2.24, 2.45) is 0 Å². The molecule has 0 saturated carbocycles. The van der Waals surface area contributed by atoms with Crippen LogP contribution < -0.4 is 10.6 Å². The number of benzene rings is 2. The number of hydrogen-bond acceptors (Lipinski definition) is 2. The number of rotatable bonds is 2. The summed E-state index contributed by atoms with van der Waals surface area (Å²) >= 11 is 11.6. The number of nitrogens with one attached hydrogen (secondary N) is 2. The lowest BCUT2D eigenvalue weighted by Crippen LogP contribution is -2.59. The number of piperidine rings is 1. The van der Waals surface area contributed by atoms with Crippen molar-refractivity contribution in [2.45, 2.75) is 44.6 Å².